The van der Waals surface area contributed by atoms with E-state index in [2.05, 4.69) is 15.0 Å². The summed E-state index contributed by atoms with van der Waals surface area (Å²) in [6, 6.07) is 10.1. The van der Waals surface area contributed by atoms with Gasteiger partial charge in [-0.3, -0.25) is 9.52 Å². The Labute approximate surface area is 198 Å². The first-order valence-corrected chi connectivity index (χ1v) is 12.4. The third-order valence-corrected chi connectivity index (χ3v) is 6.76. The standard InChI is InChI=1S/C20H16Cl3N3O3S2/c1-12(27)24-15-6-4-13(5-7-15)19-11-30-20(25-19)26-31(28,29)8-2-3-16-17(22)9-14(21)10-18(16)23/h2-7,9-11H,8H2,1H3,(H,24,27)(H,25,26). The highest BCUT2D eigenvalue weighted by molar-refractivity contribution is 7.93. The summed E-state index contributed by atoms with van der Waals surface area (Å²) >= 11 is 19.2. The Kier molecular flexibility index (Phi) is 7.61. The lowest BCUT2D eigenvalue weighted by molar-refractivity contribution is -0.114. The van der Waals surface area contributed by atoms with Crippen molar-refractivity contribution in [1.82, 2.24) is 4.98 Å². The minimum absolute atomic E-state index is 0.159. The molecule has 6 nitrogen and oxygen atoms in total. The summed E-state index contributed by atoms with van der Waals surface area (Å²) in [5, 5.41) is 5.72. The van der Waals surface area contributed by atoms with Gasteiger partial charge in [0.25, 0.3) is 0 Å². The highest BCUT2D eigenvalue weighted by Crippen LogP contribution is 2.30. The maximum Gasteiger partial charge on any atom is 0.238 e. The van der Waals surface area contributed by atoms with Crippen LogP contribution in [0.3, 0.4) is 0 Å². The zero-order valence-corrected chi connectivity index (χ0v) is 19.9. The summed E-state index contributed by atoms with van der Waals surface area (Å²) in [4.78, 5) is 15.4. The van der Waals surface area contributed by atoms with Crippen LogP contribution in [0, 0.1) is 0 Å². The van der Waals surface area contributed by atoms with Gasteiger partial charge in [0.15, 0.2) is 5.13 Å². The number of carbonyl (C=O) groups is 1. The van der Waals surface area contributed by atoms with E-state index in [4.69, 9.17) is 34.8 Å². The molecule has 0 fully saturated rings. The van der Waals surface area contributed by atoms with Crippen molar-refractivity contribution in [2.24, 2.45) is 0 Å². The van der Waals surface area contributed by atoms with E-state index in [0.717, 1.165) is 5.56 Å². The molecule has 31 heavy (non-hydrogen) atoms. The second kappa shape index (κ2) is 10.0. The van der Waals surface area contributed by atoms with Crippen molar-refractivity contribution in [3.05, 3.63) is 68.5 Å². The summed E-state index contributed by atoms with van der Waals surface area (Å²) in [5.41, 5.74) is 2.57. The first-order valence-electron chi connectivity index (χ1n) is 8.78. The van der Waals surface area contributed by atoms with Crippen LogP contribution in [0.2, 0.25) is 15.1 Å². The Bertz CT molecular complexity index is 1220. The fraction of sp³-hybridized carbons (Fsp3) is 0.100. The molecule has 0 aliphatic heterocycles. The normalized spacial score (nSPS) is 11.6. The number of hydrogen-bond acceptors (Lipinski definition) is 5. The molecule has 0 atom stereocenters. The van der Waals surface area contributed by atoms with Crippen LogP contribution < -0.4 is 10.0 Å². The van der Waals surface area contributed by atoms with Gasteiger partial charge in [0.05, 0.1) is 21.5 Å². The molecular formula is C20H16Cl3N3O3S2. The SMILES string of the molecule is CC(=O)Nc1ccc(-c2csc(NS(=O)(=O)CC=Cc3c(Cl)cc(Cl)cc3Cl)n2)cc1. The lowest BCUT2D eigenvalue weighted by Gasteiger charge is -2.04. The van der Waals surface area contributed by atoms with E-state index < -0.39 is 10.0 Å². The number of aromatic nitrogens is 1. The van der Waals surface area contributed by atoms with Gasteiger partial charge in [0.2, 0.25) is 15.9 Å². The van der Waals surface area contributed by atoms with Crippen molar-refractivity contribution in [3.63, 3.8) is 0 Å². The maximum absolute atomic E-state index is 12.4. The van der Waals surface area contributed by atoms with Crippen molar-refractivity contribution in [2.45, 2.75) is 6.92 Å². The first-order chi connectivity index (χ1) is 14.6. The van der Waals surface area contributed by atoms with Crippen molar-refractivity contribution in [3.8, 4) is 11.3 Å². The highest BCUT2D eigenvalue weighted by atomic mass is 35.5. The number of nitrogens with zero attached hydrogens (tertiary/aromatic N) is 1. The zero-order chi connectivity index (χ0) is 22.6. The van der Waals surface area contributed by atoms with Crippen LogP contribution in [0.5, 0.6) is 0 Å². The van der Waals surface area contributed by atoms with Gasteiger partial charge in [-0.2, -0.15) is 0 Å². The van der Waals surface area contributed by atoms with Gasteiger partial charge in [-0.25, -0.2) is 13.4 Å². The Hall–Kier alpha value is -2.10. The minimum Gasteiger partial charge on any atom is -0.326 e. The van der Waals surface area contributed by atoms with Crippen molar-refractivity contribution < 1.29 is 13.2 Å². The molecule has 0 radical (unpaired) electrons. The predicted octanol–water partition coefficient (Wildman–Crippen LogP) is 6.18. The molecule has 1 aromatic heterocycles. The van der Waals surface area contributed by atoms with Crippen LogP contribution >= 0.6 is 46.1 Å². The average molecular weight is 517 g/mol. The largest absolute Gasteiger partial charge is 0.326 e. The van der Waals surface area contributed by atoms with Crippen LogP contribution in [0.4, 0.5) is 10.8 Å². The summed E-state index contributed by atoms with van der Waals surface area (Å²) in [5.74, 6) is -0.449. The topological polar surface area (TPSA) is 88.2 Å². The molecule has 0 aliphatic carbocycles. The second-order valence-corrected chi connectivity index (χ2v) is 10.2. The van der Waals surface area contributed by atoms with E-state index in [1.165, 1.54) is 42.5 Å². The number of benzene rings is 2. The van der Waals surface area contributed by atoms with Crippen molar-refractivity contribution >= 4 is 79.0 Å². The summed E-state index contributed by atoms with van der Waals surface area (Å²) in [6.07, 6.45) is 2.97. The quantitative estimate of drug-likeness (QED) is 0.392. The third kappa shape index (κ3) is 6.69. The number of rotatable bonds is 7. The number of carbonyl (C=O) groups excluding carboxylic acids is 1. The molecule has 3 aromatic rings. The number of amides is 1. The smallest absolute Gasteiger partial charge is 0.238 e. The molecule has 1 amide bonds. The van der Waals surface area contributed by atoms with E-state index in [-0.39, 0.29) is 16.8 Å². The van der Waals surface area contributed by atoms with Crippen LogP contribution in [0.1, 0.15) is 12.5 Å². The number of sulfonamides is 1. The van der Waals surface area contributed by atoms with Gasteiger partial charge >= 0.3 is 0 Å². The molecule has 3 rings (SSSR count). The number of thiazole rings is 1. The molecule has 2 N–H and O–H groups in total. The number of nitrogens with one attached hydrogen (secondary N) is 2. The van der Waals surface area contributed by atoms with Crippen LogP contribution in [0.15, 0.2) is 47.9 Å². The molecule has 0 bridgehead atoms. The maximum atomic E-state index is 12.4. The van der Waals surface area contributed by atoms with Gasteiger partial charge in [0, 0.05) is 34.1 Å². The number of anilines is 2. The lowest BCUT2D eigenvalue weighted by Crippen LogP contribution is -2.15. The van der Waals surface area contributed by atoms with E-state index in [0.29, 0.717) is 32.0 Å². The molecule has 0 saturated heterocycles. The third-order valence-electron chi connectivity index (χ3n) is 3.89. The summed E-state index contributed by atoms with van der Waals surface area (Å²) in [7, 11) is -3.68. The second-order valence-electron chi connectivity index (χ2n) is 6.37. The van der Waals surface area contributed by atoms with Crippen molar-refractivity contribution in [2.75, 3.05) is 15.8 Å². The van der Waals surface area contributed by atoms with Crippen LogP contribution in [0.25, 0.3) is 17.3 Å². The van der Waals surface area contributed by atoms with Crippen LogP contribution in [-0.2, 0) is 14.8 Å². The Morgan fingerprint density at radius 1 is 1.13 bits per heavy atom. The van der Waals surface area contributed by atoms with Gasteiger partial charge in [0.1, 0.15) is 0 Å². The number of hydrogen-bond donors (Lipinski definition) is 2. The molecule has 162 valence electrons. The predicted molar refractivity (Wildman–Crippen MR) is 130 cm³/mol. The Morgan fingerprint density at radius 3 is 2.39 bits per heavy atom. The summed E-state index contributed by atoms with van der Waals surface area (Å²) in [6.45, 7) is 1.43. The Morgan fingerprint density at radius 2 is 1.77 bits per heavy atom. The molecule has 0 spiro atoms. The number of halogens is 3. The van der Waals surface area contributed by atoms with E-state index >= 15 is 0 Å². The molecule has 0 saturated carbocycles. The fourth-order valence-electron chi connectivity index (χ4n) is 2.56. The highest BCUT2D eigenvalue weighted by Gasteiger charge is 2.13. The van der Waals surface area contributed by atoms with E-state index in [9.17, 15) is 13.2 Å². The van der Waals surface area contributed by atoms with Crippen molar-refractivity contribution in [1.29, 1.82) is 0 Å². The van der Waals surface area contributed by atoms with Crippen LogP contribution in [-0.4, -0.2) is 25.1 Å². The molecular weight excluding hydrogens is 501 g/mol. The van der Waals surface area contributed by atoms with Gasteiger partial charge < -0.3 is 5.32 Å². The first kappa shape index (κ1) is 23.6. The molecule has 2 aromatic carbocycles. The van der Waals surface area contributed by atoms with Gasteiger partial charge in [-0.05, 0) is 24.3 Å². The fourth-order valence-corrected chi connectivity index (χ4v) is 5.38. The monoisotopic (exact) mass is 515 g/mol. The van der Waals surface area contributed by atoms with E-state index in [1.807, 2.05) is 0 Å². The molecule has 0 unspecified atom stereocenters. The van der Waals surface area contributed by atoms with Gasteiger partial charge in [-0.1, -0.05) is 59.1 Å². The van der Waals surface area contributed by atoms with E-state index in [1.54, 1.807) is 29.6 Å². The van der Waals surface area contributed by atoms with Gasteiger partial charge in [-0.15, -0.1) is 11.3 Å². The molecule has 1 heterocycles. The minimum atomic E-state index is -3.68. The lowest BCUT2D eigenvalue weighted by atomic mass is 10.1. The zero-order valence-electron chi connectivity index (χ0n) is 16.0. The molecule has 11 heteroatoms. The average Bonchev–Trinajstić information content (AvgIpc) is 3.11. The molecule has 0 aliphatic rings. The summed E-state index contributed by atoms with van der Waals surface area (Å²) < 4.78 is 27.2. The Balaban J connectivity index is 1.66.